The van der Waals surface area contributed by atoms with Crippen molar-refractivity contribution in [3.63, 3.8) is 0 Å². The summed E-state index contributed by atoms with van der Waals surface area (Å²) in [6.07, 6.45) is 54.8. The second-order valence-electron chi connectivity index (χ2n) is 22.0. The van der Waals surface area contributed by atoms with Gasteiger partial charge in [0.15, 0.2) is 0 Å². The van der Waals surface area contributed by atoms with E-state index in [2.05, 4.69) is 20.8 Å². The van der Waals surface area contributed by atoms with Crippen molar-refractivity contribution in [2.45, 2.75) is 290 Å². The maximum absolute atomic E-state index is 11.1. The van der Waals surface area contributed by atoms with Crippen LogP contribution in [0.3, 0.4) is 0 Å². The predicted molar refractivity (Wildman–Crippen MR) is 341 cm³/mol. The van der Waals surface area contributed by atoms with Gasteiger partial charge < -0.3 is 43.9 Å². The number of para-hydroxylation sites is 3. The molecule has 13 heteroatoms. The molecule has 82 heavy (non-hydrogen) atoms. The number of ether oxygens (including phenoxy) is 3. The van der Waals surface area contributed by atoms with E-state index in [-0.39, 0.29) is 51.3 Å². The van der Waals surface area contributed by atoms with Crippen molar-refractivity contribution in [2.24, 2.45) is 0 Å². The number of benzene rings is 3. The Bertz CT molecular complexity index is 1780. The molecule has 3 rings (SSSR count). The van der Waals surface area contributed by atoms with Gasteiger partial charge in [0.2, 0.25) is 0 Å². The normalized spacial score (nSPS) is 10.8. The summed E-state index contributed by atoms with van der Waals surface area (Å²) >= 11 is 18.1. The summed E-state index contributed by atoms with van der Waals surface area (Å²) < 4.78 is 16.8. The Labute approximate surface area is 524 Å². The quantitative estimate of drug-likeness (QED) is 0.0398. The third-order valence-corrected chi connectivity index (χ3v) is 15.7. The first-order valence-electron chi connectivity index (χ1n) is 32.4. The first-order valence-corrected chi connectivity index (χ1v) is 33.5. The molecule has 0 aliphatic carbocycles. The molecule has 3 aromatic rings. The van der Waals surface area contributed by atoms with E-state index in [1.54, 1.807) is 36.4 Å². The second kappa shape index (κ2) is 57.0. The van der Waals surface area contributed by atoms with Crippen LogP contribution in [0.5, 0.6) is 17.2 Å². The zero-order valence-electron chi connectivity index (χ0n) is 51.4. The van der Waals surface area contributed by atoms with E-state index in [9.17, 15) is 29.7 Å². The molecule has 0 bridgehead atoms. The zero-order valence-corrected chi connectivity index (χ0v) is 54.8. The van der Waals surface area contributed by atoms with Crippen LogP contribution in [0.15, 0.2) is 54.6 Å². The Morgan fingerprint density at radius 2 is 0.451 bits per heavy atom. The summed E-state index contributed by atoms with van der Waals surface area (Å²) in [7, 11) is 0. The van der Waals surface area contributed by atoms with E-state index in [0.717, 1.165) is 38.5 Å². The molecule has 0 spiro atoms. The standard InChI is InChI=1S/3C23H37ClO3.Al/c3*1-2-3-4-5-6-7-8-9-10-11-12-13-14-15-19-27-22-20(23(25)26)17-16-18-21(22)24;/h3*16-18H,2-15,19H2,1H3,(H,25,26);/q;;;+3/p-3. The number of hydrogen-bond acceptors (Lipinski definition) is 9. The molecule has 3 aromatic carbocycles. The summed E-state index contributed by atoms with van der Waals surface area (Å²) in [5, 5.41) is 34.2. The van der Waals surface area contributed by atoms with Gasteiger partial charge in [-0.05, 0) is 55.7 Å². The number of aromatic carboxylic acids is 3. The largest absolute Gasteiger partial charge is 3.00 e. The number of carboxylic acid groups (broad SMARTS) is 3. The van der Waals surface area contributed by atoms with Gasteiger partial charge in [0.1, 0.15) is 17.2 Å². The Balaban J connectivity index is 0.00000119. The van der Waals surface area contributed by atoms with E-state index in [0.29, 0.717) is 34.9 Å². The summed E-state index contributed by atoms with van der Waals surface area (Å²) in [5.74, 6) is -3.08. The maximum Gasteiger partial charge on any atom is 3.00 e. The molecule has 0 radical (unpaired) electrons. The van der Waals surface area contributed by atoms with Gasteiger partial charge in [0, 0.05) is 16.7 Å². The average molecular weight is 1210 g/mol. The number of carboxylic acids is 3. The molecule has 0 unspecified atom stereocenters. The number of hydrogen-bond donors (Lipinski definition) is 0. The monoisotopic (exact) mass is 1210 g/mol. The van der Waals surface area contributed by atoms with Gasteiger partial charge in [0.05, 0.1) is 52.8 Å². The number of rotatable bonds is 51. The van der Waals surface area contributed by atoms with Crippen LogP contribution in [-0.2, 0) is 0 Å². The van der Waals surface area contributed by atoms with Crippen LogP contribution in [-0.4, -0.2) is 55.1 Å². The fraction of sp³-hybridized carbons (Fsp3) is 0.696. The van der Waals surface area contributed by atoms with Crippen LogP contribution in [0.1, 0.15) is 322 Å². The predicted octanol–water partition coefficient (Wildman–Crippen LogP) is 19.3. The third kappa shape index (κ3) is 42.6. The first-order chi connectivity index (χ1) is 39.5. The van der Waals surface area contributed by atoms with Crippen LogP contribution < -0.4 is 29.5 Å². The van der Waals surface area contributed by atoms with Crippen molar-refractivity contribution in [3.05, 3.63) is 86.4 Å². The van der Waals surface area contributed by atoms with E-state index in [1.807, 2.05) is 0 Å². The molecule has 0 heterocycles. The van der Waals surface area contributed by atoms with E-state index in [4.69, 9.17) is 49.0 Å². The van der Waals surface area contributed by atoms with Crippen molar-refractivity contribution in [1.29, 1.82) is 0 Å². The van der Waals surface area contributed by atoms with Gasteiger partial charge in [-0.25, -0.2) is 0 Å². The number of unbranched alkanes of at least 4 members (excludes halogenated alkanes) is 39. The molecule has 0 saturated carbocycles. The molecule has 0 aliphatic rings. The van der Waals surface area contributed by atoms with Crippen LogP contribution in [0.25, 0.3) is 0 Å². The smallest absolute Gasteiger partial charge is 0.545 e. The number of carbonyl (C=O) groups excluding carboxylic acids is 3. The Kier molecular flexibility index (Phi) is 54.8. The summed E-state index contributed by atoms with van der Waals surface area (Å²) in [6, 6.07) is 14.1. The van der Waals surface area contributed by atoms with Gasteiger partial charge in [-0.2, -0.15) is 0 Å². The zero-order chi connectivity index (χ0) is 59.2. The van der Waals surface area contributed by atoms with Crippen LogP contribution in [0.4, 0.5) is 0 Å². The van der Waals surface area contributed by atoms with Crippen molar-refractivity contribution < 1.29 is 43.9 Å². The van der Waals surface area contributed by atoms with Gasteiger partial charge in [0.25, 0.3) is 0 Å². The Morgan fingerprint density at radius 3 is 0.610 bits per heavy atom. The van der Waals surface area contributed by atoms with Crippen molar-refractivity contribution in [1.82, 2.24) is 0 Å². The average Bonchev–Trinajstić information content (AvgIpc) is 3.52. The molecule has 0 fully saturated rings. The molecular formula is C69H108AlCl3O9. The minimum atomic E-state index is -1.26. The SMILES string of the molecule is CCCCCCCCCCCCCCCCOc1c(Cl)cccc1C(=O)[O-].CCCCCCCCCCCCCCCCOc1c(Cl)cccc1C(=O)[O-].CCCCCCCCCCCCCCCCOc1c(Cl)cccc1C(=O)[O-].[Al+3]. The van der Waals surface area contributed by atoms with Gasteiger partial charge >= 0.3 is 17.4 Å². The van der Waals surface area contributed by atoms with E-state index >= 15 is 0 Å². The van der Waals surface area contributed by atoms with Gasteiger partial charge in [-0.15, -0.1) is 0 Å². The molecule has 0 N–H and O–H groups in total. The molecule has 0 aliphatic heterocycles. The number of halogens is 3. The van der Waals surface area contributed by atoms with Gasteiger partial charge in [-0.3, -0.25) is 0 Å². The second-order valence-corrected chi connectivity index (χ2v) is 23.3. The van der Waals surface area contributed by atoms with Crippen LogP contribution in [0.2, 0.25) is 15.1 Å². The molecule has 0 aromatic heterocycles. The summed E-state index contributed by atoms with van der Waals surface area (Å²) in [5.41, 5.74) is 0.0635. The molecule has 0 saturated heterocycles. The van der Waals surface area contributed by atoms with Crippen LogP contribution >= 0.6 is 34.8 Å². The summed E-state index contributed by atoms with van der Waals surface area (Å²) in [6.45, 7) is 8.25. The van der Waals surface area contributed by atoms with Crippen molar-refractivity contribution in [2.75, 3.05) is 19.8 Å². The van der Waals surface area contributed by atoms with Gasteiger partial charge in [-0.1, -0.05) is 324 Å². The van der Waals surface area contributed by atoms with Crippen molar-refractivity contribution >= 4 is 70.1 Å². The van der Waals surface area contributed by atoms with E-state index in [1.165, 1.54) is 249 Å². The Morgan fingerprint density at radius 1 is 0.293 bits per heavy atom. The molecule has 9 nitrogen and oxygen atoms in total. The first kappa shape index (κ1) is 78.9. The Hall–Kier alpha value is -3.13. The molecule has 0 atom stereocenters. The maximum atomic E-state index is 11.1. The fourth-order valence-corrected chi connectivity index (χ4v) is 10.5. The topological polar surface area (TPSA) is 148 Å². The third-order valence-electron chi connectivity index (χ3n) is 14.8. The molecule has 462 valence electrons. The molecular weight excluding hydrogens is 1110 g/mol. The minimum Gasteiger partial charge on any atom is -0.545 e. The number of carbonyl (C=O) groups is 3. The van der Waals surface area contributed by atoms with Crippen LogP contribution in [0, 0.1) is 0 Å². The van der Waals surface area contributed by atoms with Crippen molar-refractivity contribution in [3.8, 4) is 17.2 Å². The molecule has 0 amide bonds. The minimum absolute atomic E-state index is 0. The van der Waals surface area contributed by atoms with E-state index < -0.39 is 17.9 Å². The summed E-state index contributed by atoms with van der Waals surface area (Å²) in [4.78, 5) is 33.3. The fourth-order valence-electron chi connectivity index (χ4n) is 9.86.